The predicted octanol–water partition coefficient (Wildman–Crippen LogP) is 6.42. The number of hydrogen-bond acceptors (Lipinski definition) is 5. The van der Waals surface area contributed by atoms with E-state index in [1.165, 1.54) is 6.92 Å². The van der Waals surface area contributed by atoms with Gasteiger partial charge in [0.05, 0.1) is 43.2 Å². The molecular weight excluding hydrogens is 552 g/mol. The Morgan fingerprint density at radius 3 is 2.20 bits per heavy atom. The van der Waals surface area contributed by atoms with Gasteiger partial charge in [0.2, 0.25) is 0 Å². The second-order valence-corrected chi connectivity index (χ2v) is 11.5. The third kappa shape index (κ3) is 6.74. The Hall–Kier alpha value is -2.18. The van der Waals surface area contributed by atoms with Gasteiger partial charge in [0.15, 0.2) is 6.29 Å². The highest BCUT2D eigenvalue weighted by molar-refractivity contribution is 5.35. The monoisotopic (exact) mass is 587 g/mol. The molecule has 3 fully saturated rings. The zero-order valence-electron chi connectivity index (χ0n) is 22.8. The molecule has 1 spiro atoms. The van der Waals surface area contributed by atoms with Crippen molar-refractivity contribution < 1.29 is 45.7 Å². The number of halogens is 6. The third-order valence-corrected chi connectivity index (χ3v) is 8.89. The molecule has 226 valence electrons. The molecule has 2 unspecified atom stereocenters. The Labute approximate surface area is 235 Å². The number of piperidine rings is 1. The molecule has 0 aromatic heterocycles. The predicted molar refractivity (Wildman–Crippen MR) is 138 cm³/mol. The van der Waals surface area contributed by atoms with Crippen LogP contribution in [0.1, 0.15) is 60.5 Å². The molecule has 2 aromatic rings. The van der Waals surface area contributed by atoms with Crippen molar-refractivity contribution in [2.24, 2.45) is 11.3 Å². The zero-order valence-corrected chi connectivity index (χ0v) is 22.8. The number of rotatable bonds is 6. The van der Waals surface area contributed by atoms with Crippen molar-refractivity contribution >= 4 is 0 Å². The molecule has 41 heavy (non-hydrogen) atoms. The van der Waals surface area contributed by atoms with Gasteiger partial charge >= 0.3 is 12.4 Å². The number of likely N-dealkylation sites (tertiary alicyclic amines) is 1. The van der Waals surface area contributed by atoms with Crippen molar-refractivity contribution in [3.8, 4) is 0 Å². The first kappa shape index (κ1) is 30.3. The maximum Gasteiger partial charge on any atom is 0.416 e. The second-order valence-electron chi connectivity index (χ2n) is 11.5. The second kappa shape index (κ2) is 11.8. The van der Waals surface area contributed by atoms with Crippen LogP contribution in [0.3, 0.4) is 0 Å². The normalized spacial score (nSPS) is 28.2. The van der Waals surface area contributed by atoms with Gasteiger partial charge in [-0.25, -0.2) is 0 Å². The highest BCUT2D eigenvalue weighted by Crippen LogP contribution is 2.43. The highest BCUT2D eigenvalue weighted by Gasteiger charge is 2.46. The number of nitrogens with zero attached hydrogens (tertiary/aromatic N) is 1. The van der Waals surface area contributed by atoms with Gasteiger partial charge in [-0.1, -0.05) is 30.3 Å². The molecule has 5 atom stereocenters. The summed E-state index contributed by atoms with van der Waals surface area (Å²) in [6.45, 7) is 5.05. The summed E-state index contributed by atoms with van der Waals surface area (Å²) in [6.07, 6.45) is -9.93. The third-order valence-electron chi connectivity index (χ3n) is 8.89. The van der Waals surface area contributed by atoms with Gasteiger partial charge in [0.25, 0.3) is 0 Å². The van der Waals surface area contributed by atoms with Gasteiger partial charge in [-0.15, -0.1) is 0 Å². The van der Waals surface area contributed by atoms with Gasteiger partial charge < -0.3 is 24.2 Å². The lowest BCUT2D eigenvalue weighted by atomic mass is 9.75. The fourth-order valence-corrected chi connectivity index (χ4v) is 6.40. The van der Waals surface area contributed by atoms with Crippen LogP contribution in [-0.4, -0.2) is 61.9 Å². The van der Waals surface area contributed by atoms with Crippen molar-refractivity contribution in [3.05, 3.63) is 70.8 Å². The minimum absolute atomic E-state index is 0.0781. The fraction of sp³-hybridized carbons (Fsp3) is 0.600. The minimum atomic E-state index is -4.94. The first-order valence-corrected chi connectivity index (χ1v) is 14.0. The summed E-state index contributed by atoms with van der Waals surface area (Å²) in [6, 6.07) is 11.1. The smallest absolute Gasteiger partial charge is 0.390 e. The average molecular weight is 588 g/mol. The number of hydrogen-bond donors (Lipinski definition) is 1. The molecule has 0 radical (unpaired) electrons. The lowest BCUT2D eigenvalue weighted by Gasteiger charge is -2.44. The SMILES string of the molecule is C[C@@H](O[C@H]1OCCC(CN2CCC3(CC2)COCC3O)[C@H]1c1ccccc1)c1cc(C(F)(F)F)cc(C(F)(F)F)c1. The molecule has 3 aliphatic heterocycles. The number of ether oxygens (including phenoxy) is 3. The van der Waals surface area contributed by atoms with Gasteiger partial charge in [-0.05, 0) is 74.5 Å². The molecule has 5 rings (SSSR count). The van der Waals surface area contributed by atoms with E-state index in [0.29, 0.717) is 32.0 Å². The van der Waals surface area contributed by atoms with Crippen LogP contribution in [0.5, 0.6) is 0 Å². The first-order chi connectivity index (χ1) is 19.4. The summed E-state index contributed by atoms with van der Waals surface area (Å²) < 4.78 is 98.5. The maximum absolute atomic E-state index is 13.5. The van der Waals surface area contributed by atoms with Crippen molar-refractivity contribution in [1.82, 2.24) is 4.90 Å². The summed E-state index contributed by atoms with van der Waals surface area (Å²) in [5.74, 6) is -0.203. The van der Waals surface area contributed by atoms with E-state index in [9.17, 15) is 31.4 Å². The van der Waals surface area contributed by atoms with Gasteiger partial charge in [0.1, 0.15) is 0 Å². The molecule has 0 saturated carbocycles. The number of aliphatic hydroxyl groups is 1. The Kier molecular flexibility index (Phi) is 8.74. The lowest BCUT2D eigenvalue weighted by Crippen LogP contribution is -2.49. The van der Waals surface area contributed by atoms with Crippen LogP contribution in [0.2, 0.25) is 0 Å². The van der Waals surface area contributed by atoms with E-state index < -0.39 is 42.0 Å². The first-order valence-electron chi connectivity index (χ1n) is 14.0. The molecule has 5 nitrogen and oxygen atoms in total. The number of alkyl halides is 6. The van der Waals surface area contributed by atoms with Crippen LogP contribution in [0.15, 0.2) is 48.5 Å². The summed E-state index contributed by atoms with van der Waals surface area (Å²) in [5.41, 5.74) is -2.24. The average Bonchev–Trinajstić information content (AvgIpc) is 3.28. The number of benzene rings is 2. The summed E-state index contributed by atoms with van der Waals surface area (Å²) in [4.78, 5) is 2.35. The van der Waals surface area contributed by atoms with Crippen LogP contribution >= 0.6 is 0 Å². The maximum atomic E-state index is 13.5. The molecule has 3 heterocycles. The van der Waals surface area contributed by atoms with Crippen molar-refractivity contribution in [2.45, 2.75) is 63.0 Å². The van der Waals surface area contributed by atoms with Gasteiger partial charge in [0, 0.05) is 17.9 Å². The zero-order chi connectivity index (χ0) is 29.4. The topological polar surface area (TPSA) is 51.2 Å². The standard InChI is InChI=1S/C30H35F6NO4/c1-19(22-13-23(29(31,32)33)15-24(14-22)30(34,35)36)41-27-26(20-5-3-2-4-6-20)21(7-12-40-27)16-37-10-8-28(9-11-37)18-39-17-25(28)38/h2-6,13-15,19,21,25-27,38H,7-12,16-18H2,1H3/t19-,21?,25?,26-,27-/m1/s1. The van der Waals surface area contributed by atoms with Gasteiger partial charge in [-0.3, -0.25) is 0 Å². The molecule has 2 aromatic carbocycles. The molecule has 0 aliphatic carbocycles. The molecule has 3 aliphatic rings. The largest absolute Gasteiger partial charge is 0.416 e. The summed E-state index contributed by atoms with van der Waals surface area (Å²) >= 11 is 0. The lowest BCUT2D eigenvalue weighted by molar-refractivity contribution is -0.210. The fourth-order valence-electron chi connectivity index (χ4n) is 6.40. The Balaban J connectivity index is 1.36. The molecule has 11 heteroatoms. The minimum Gasteiger partial charge on any atom is -0.390 e. The Morgan fingerprint density at radius 1 is 1.00 bits per heavy atom. The highest BCUT2D eigenvalue weighted by atomic mass is 19.4. The van der Waals surface area contributed by atoms with Crippen LogP contribution in [0.25, 0.3) is 0 Å². The molecule has 3 saturated heterocycles. The summed E-state index contributed by atoms with van der Waals surface area (Å²) in [5, 5.41) is 10.4. The van der Waals surface area contributed by atoms with E-state index >= 15 is 0 Å². The van der Waals surface area contributed by atoms with E-state index in [-0.39, 0.29) is 28.9 Å². The van der Waals surface area contributed by atoms with Crippen LogP contribution in [-0.2, 0) is 26.6 Å². The van der Waals surface area contributed by atoms with Crippen molar-refractivity contribution in [3.63, 3.8) is 0 Å². The molecule has 1 N–H and O–H groups in total. The number of aliphatic hydroxyl groups excluding tert-OH is 1. The van der Waals surface area contributed by atoms with E-state index in [2.05, 4.69) is 4.90 Å². The van der Waals surface area contributed by atoms with E-state index in [1.54, 1.807) is 0 Å². The molecule has 0 amide bonds. The van der Waals surface area contributed by atoms with E-state index in [4.69, 9.17) is 14.2 Å². The summed E-state index contributed by atoms with van der Waals surface area (Å²) in [7, 11) is 0. The van der Waals surface area contributed by atoms with Crippen molar-refractivity contribution in [2.75, 3.05) is 39.5 Å². The van der Waals surface area contributed by atoms with E-state index in [1.807, 2.05) is 30.3 Å². The Morgan fingerprint density at radius 2 is 1.63 bits per heavy atom. The quantitative estimate of drug-likeness (QED) is 0.396. The van der Waals surface area contributed by atoms with Gasteiger partial charge in [-0.2, -0.15) is 26.3 Å². The van der Waals surface area contributed by atoms with Crippen LogP contribution < -0.4 is 0 Å². The Bertz CT molecular complexity index is 1130. The van der Waals surface area contributed by atoms with Crippen molar-refractivity contribution in [1.29, 1.82) is 0 Å². The van der Waals surface area contributed by atoms with Crippen LogP contribution in [0.4, 0.5) is 26.3 Å². The molecular formula is C30H35F6NO4. The van der Waals surface area contributed by atoms with Crippen LogP contribution in [0, 0.1) is 11.3 Å². The van der Waals surface area contributed by atoms with E-state index in [0.717, 1.165) is 44.5 Å². The molecule has 0 bridgehead atoms.